The maximum absolute atomic E-state index is 11.9. The highest BCUT2D eigenvalue weighted by molar-refractivity contribution is 5.89. The monoisotopic (exact) mass is 481 g/mol. The molecule has 1 amide bonds. The van der Waals surface area contributed by atoms with Gasteiger partial charge in [0.2, 0.25) is 5.91 Å². The third kappa shape index (κ3) is 4.07. The van der Waals surface area contributed by atoms with Gasteiger partial charge in [-0.25, -0.2) is 4.52 Å². The summed E-state index contributed by atoms with van der Waals surface area (Å²) in [5.41, 5.74) is 5.96. The number of carbonyl (C=O) groups excluding carboxylic acids is 1. The molecule has 5 rings (SSSR count). The van der Waals surface area contributed by atoms with E-state index in [9.17, 15) is 10.1 Å². The van der Waals surface area contributed by atoms with Gasteiger partial charge in [0.05, 0.1) is 36.3 Å². The Kier molecular flexibility index (Phi) is 6.17. The average molecular weight is 482 g/mol. The highest BCUT2D eigenvalue weighted by Crippen LogP contribution is 2.37. The first-order valence-corrected chi connectivity index (χ1v) is 11.8. The van der Waals surface area contributed by atoms with Gasteiger partial charge in [-0.3, -0.25) is 9.48 Å². The fraction of sp³-hybridized carbons (Fsp3) is 0.259. The van der Waals surface area contributed by atoms with Crippen molar-refractivity contribution < 1.29 is 9.53 Å². The van der Waals surface area contributed by atoms with E-state index in [4.69, 9.17) is 4.74 Å². The molecule has 0 N–H and O–H groups in total. The first-order valence-electron chi connectivity index (χ1n) is 11.8. The minimum Gasteiger partial charge on any atom is -0.495 e. The summed E-state index contributed by atoms with van der Waals surface area (Å²) < 4.78 is 9.43. The number of anilines is 1. The zero-order valence-electron chi connectivity index (χ0n) is 20.4. The lowest BCUT2D eigenvalue weighted by Crippen LogP contribution is -2.48. The van der Waals surface area contributed by atoms with Gasteiger partial charge in [-0.15, -0.1) is 0 Å². The Hall–Kier alpha value is -4.58. The Bertz CT molecular complexity index is 1490. The quantitative estimate of drug-likeness (QED) is 0.391. The van der Waals surface area contributed by atoms with E-state index in [0.717, 1.165) is 45.8 Å². The molecule has 0 spiro atoms. The van der Waals surface area contributed by atoms with Crippen LogP contribution in [-0.4, -0.2) is 63.5 Å². The van der Waals surface area contributed by atoms with E-state index >= 15 is 0 Å². The third-order valence-electron chi connectivity index (χ3n) is 6.62. The number of benzene rings is 1. The number of amides is 1. The number of fused-ring (bicyclic) bond motifs is 1. The molecule has 9 nitrogen and oxygen atoms in total. The predicted octanol–water partition coefficient (Wildman–Crippen LogP) is 3.60. The lowest BCUT2D eigenvalue weighted by molar-refractivity contribution is -0.126. The summed E-state index contributed by atoms with van der Waals surface area (Å²) in [5.74, 6) is 0.691. The maximum atomic E-state index is 11.9. The highest BCUT2D eigenvalue weighted by Gasteiger charge is 2.23. The normalized spacial score (nSPS) is 13.6. The molecule has 0 aliphatic carbocycles. The number of aryl methyl sites for hydroxylation is 1. The van der Waals surface area contributed by atoms with Gasteiger partial charge in [0.15, 0.2) is 0 Å². The molecule has 0 saturated carbocycles. The molecule has 1 aliphatic rings. The van der Waals surface area contributed by atoms with Crippen molar-refractivity contribution in [2.45, 2.75) is 13.5 Å². The summed E-state index contributed by atoms with van der Waals surface area (Å²) in [6.07, 6.45) is 8.71. The van der Waals surface area contributed by atoms with Crippen LogP contribution in [0.1, 0.15) is 12.5 Å². The van der Waals surface area contributed by atoms with Gasteiger partial charge in [-0.2, -0.15) is 15.5 Å². The smallest absolute Gasteiger partial charge is 0.246 e. The van der Waals surface area contributed by atoms with Gasteiger partial charge in [-0.1, -0.05) is 12.6 Å². The number of carbonyl (C=O) groups is 1. The SMILES string of the molecule is C=CC(=O)N1CCN(c2ccc(-c3cc(-c4cnn(CC)c4)cn4ncc(C#N)c34)cc2OC)CC1. The molecule has 182 valence electrons. The first kappa shape index (κ1) is 23.2. The number of aromatic nitrogens is 4. The van der Waals surface area contributed by atoms with Crippen LogP contribution >= 0.6 is 0 Å². The number of piperazine rings is 1. The van der Waals surface area contributed by atoms with Gasteiger partial charge >= 0.3 is 0 Å². The molecule has 1 fully saturated rings. The summed E-state index contributed by atoms with van der Waals surface area (Å²) >= 11 is 0. The average Bonchev–Trinajstić information content (AvgIpc) is 3.59. The van der Waals surface area contributed by atoms with E-state index in [1.165, 1.54) is 6.08 Å². The van der Waals surface area contributed by atoms with E-state index in [1.54, 1.807) is 22.7 Å². The Labute approximate surface area is 209 Å². The lowest BCUT2D eigenvalue weighted by Gasteiger charge is -2.36. The first-order chi connectivity index (χ1) is 17.6. The van der Waals surface area contributed by atoms with Gasteiger partial charge < -0.3 is 14.5 Å². The highest BCUT2D eigenvalue weighted by atomic mass is 16.5. The van der Waals surface area contributed by atoms with E-state index in [1.807, 2.05) is 48.4 Å². The fourth-order valence-electron chi connectivity index (χ4n) is 4.67. The van der Waals surface area contributed by atoms with E-state index in [-0.39, 0.29) is 5.91 Å². The van der Waals surface area contributed by atoms with Crippen molar-refractivity contribution >= 4 is 17.1 Å². The number of hydrogen-bond donors (Lipinski definition) is 0. The van der Waals surface area contributed by atoms with Crippen molar-refractivity contribution in [2.75, 3.05) is 38.2 Å². The number of methoxy groups -OCH3 is 1. The minimum atomic E-state index is -0.0422. The second-order valence-electron chi connectivity index (χ2n) is 8.59. The zero-order chi connectivity index (χ0) is 25.2. The lowest BCUT2D eigenvalue weighted by atomic mass is 9.99. The van der Waals surface area contributed by atoms with Crippen LogP contribution in [-0.2, 0) is 11.3 Å². The number of nitriles is 1. The second kappa shape index (κ2) is 9.58. The van der Waals surface area contributed by atoms with E-state index < -0.39 is 0 Å². The van der Waals surface area contributed by atoms with E-state index in [0.29, 0.717) is 31.7 Å². The van der Waals surface area contributed by atoms with Gasteiger partial charge in [0.25, 0.3) is 0 Å². The Morgan fingerprint density at radius 3 is 2.58 bits per heavy atom. The van der Waals surface area contributed by atoms with Crippen LogP contribution in [0.25, 0.3) is 27.8 Å². The summed E-state index contributed by atoms with van der Waals surface area (Å²) in [7, 11) is 1.66. The van der Waals surface area contributed by atoms with Crippen molar-refractivity contribution in [1.29, 1.82) is 5.26 Å². The number of rotatable bonds is 6. The predicted molar refractivity (Wildman–Crippen MR) is 138 cm³/mol. The van der Waals surface area contributed by atoms with Crippen molar-refractivity contribution in [3.63, 3.8) is 0 Å². The molecular formula is C27H27N7O2. The van der Waals surface area contributed by atoms with Crippen LogP contribution in [0.2, 0.25) is 0 Å². The van der Waals surface area contributed by atoms with Crippen LogP contribution in [0.15, 0.2) is 61.7 Å². The molecule has 0 unspecified atom stereocenters. The van der Waals surface area contributed by atoms with Crippen LogP contribution < -0.4 is 9.64 Å². The zero-order valence-corrected chi connectivity index (χ0v) is 20.4. The van der Waals surface area contributed by atoms with Gasteiger partial charge in [0.1, 0.15) is 11.8 Å². The van der Waals surface area contributed by atoms with Crippen LogP contribution in [0.5, 0.6) is 5.75 Å². The van der Waals surface area contributed by atoms with Crippen molar-refractivity contribution in [3.8, 4) is 34.1 Å². The number of hydrogen-bond acceptors (Lipinski definition) is 6. The fourth-order valence-corrected chi connectivity index (χ4v) is 4.67. The Morgan fingerprint density at radius 1 is 1.11 bits per heavy atom. The number of pyridine rings is 1. The number of nitrogens with zero attached hydrogens (tertiary/aromatic N) is 7. The second-order valence-corrected chi connectivity index (χ2v) is 8.59. The van der Waals surface area contributed by atoms with E-state index in [2.05, 4.69) is 33.8 Å². The number of ether oxygens (including phenoxy) is 1. The topological polar surface area (TPSA) is 91.7 Å². The summed E-state index contributed by atoms with van der Waals surface area (Å²) in [4.78, 5) is 16.0. The summed E-state index contributed by atoms with van der Waals surface area (Å²) in [6.45, 7) is 9.08. The molecule has 3 aromatic heterocycles. The Morgan fingerprint density at radius 2 is 1.92 bits per heavy atom. The van der Waals surface area contributed by atoms with Crippen LogP contribution in [0, 0.1) is 11.3 Å². The van der Waals surface area contributed by atoms with Gasteiger partial charge in [-0.05, 0) is 36.8 Å². The third-order valence-corrected chi connectivity index (χ3v) is 6.62. The summed E-state index contributed by atoms with van der Waals surface area (Å²) in [6, 6.07) is 10.4. The van der Waals surface area contributed by atoms with Crippen LogP contribution in [0.4, 0.5) is 5.69 Å². The molecular weight excluding hydrogens is 454 g/mol. The minimum absolute atomic E-state index is 0.0422. The van der Waals surface area contributed by atoms with Crippen molar-refractivity contribution in [2.24, 2.45) is 0 Å². The van der Waals surface area contributed by atoms with Crippen molar-refractivity contribution in [1.82, 2.24) is 24.3 Å². The molecule has 0 bridgehead atoms. The molecule has 0 radical (unpaired) electrons. The Balaban J connectivity index is 1.55. The molecule has 1 aromatic carbocycles. The molecule has 1 aliphatic heterocycles. The molecule has 0 atom stereocenters. The van der Waals surface area contributed by atoms with Crippen molar-refractivity contribution in [3.05, 3.63) is 67.3 Å². The molecule has 1 saturated heterocycles. The largest absolute Gasteiger partial charge is 0.495 e. The molecule has 4 aromatic rings. The standard InChI is InChI=1S/C27H27N7O2/c1-4-26(35)32-10-8-31(9-11-32)24-7-6-19(13-25(24)36-3)23-12-20(22-16-29-33(5-2)17-22)18-34-27(23)21(14-28)15-30-34/h4,6-7,12-13,15-18H,1,5,8-11H2,2-3H3. The summed E-state index contributed by atoms with van der Waals surface area (Å²) in [5, 5.41) is 18.6. The molecule has 4 heterocycles. The maximum Gasteiger partial charge on any atom is 0.246 e. The van der Waals surface area contributed by atoms with Crippen LogP contribution in [0.3, 0.4) is 0 Å². The molecule has 36 heavy (non-hydrogen) atoms. The molecule has 9 heteroatoms. The van der Waals surface area contributed by atoms with Gasteiger partial charge in [0, 0.05) is 61.8 Å².